The fraction of sp³-hybridized carbons (Fsp3) is 0.261. The van der Waals surface area contributed by atoms with Crippen LogP contribution < -0.4 is 5.32 Å². The van der Waals surface area contributed by atoms with E-state index in [9.17, 15) is 9.59 Å². The van der Waals surface area contributed by atoms with E-state index in [0.717, 1.165) is 41.1 Å². The van der Waals surface area contributed by atoms with Crippen molar-refractivity contribution in [2.45, 2.75) is 38.6 Å². The van der Waals surface area contributed by atoms with E-state index in [1.165, 1.54) is 11.1 Å². The molecule has 1 N–H and O–H groups in total. The Balaban J connectivity index is 1.26. The maximum absolute atomic E-state index is 12.4. The molecule has 0 aliphatic heterocycles. The molecule has 1 heterocycles. The van der Waals surface area contributed by atoms with E-state index in [4.69, 9.17) is 0 Å². The first-order valence-electron chi connectivity index (χ1n) is 9.60. The molecule has 0 atom stereocenters. The Labute approximate surface area is 168 Å². The van der Waals surface area contributed by atoms with Gasteiger partial charge in [0.25, 0.3) is 0 Å². The van der Waals surface area contributed by atoms with Gasteiger partial charge in [-0.05, 0) is 36.5 Å². The largest absolute Gasteiger partial charge is 0.350 e. The van der Waals surface area contributed by atoms with Crippen molar-refractivity contribution in [3.8, 4) is 10.6 Å². The third kappa shape index (κ3) is 4.37. The summed E-state index contributed by atoms with van der Waals surface area (Å²) < 4.78 is 0. The number of nitrogens with zero attached hydrogens (tertiary/aromatic N) is 1. The molecule has 1 aliphatic rings. The summed E-state index contributed by atoms with van der Waals surface area (Å²) in [6, 6.07) is 15.9. The Kier molecular flexibility index (Phi) is 5.63. The van der Waals surface area contributed by atoms with E-state index in [-0.39, 0.29) is 24.5 Å². The number of amides is 1. The van der Waals surface area contributed by atoms with Crippen molar-refractivity contribution < 1.29 is 9.59 Å². The zero-order chi connectivity index (χ0) is 19.3. The molecule has 142 valence electrons. The number of carbonyl (C=O) groups excluding carboxylic acids is 2. The van der Waals surface area contributed by atoms with Crippen molar-refractivity contribution in [2.75, 3.05) is 0 Å². The smallest absolute Gasteiger partial charge is 0.220 e. The summed E-state index contributed by atoms with van der Waals surface area (Å²) in [6.45, 7) is 0.384. The fourth-order valence-corrected chi connectivity index (χ4v) is 4.32. The van der Waals surface area contributed by atoms with E-state index in [2.05, 4.69) is 16.4 Å². The third-order valence-corrected chi connectivity index (χ3v) is 5.98. The van der Waals surface area contributed by atoms with Crippen LogP contribution in [0.25, 0.3) is 10.6 Å². The van der Waals surface area contributed by atoms with Gasteiger partial charge in [0.1, 0.15) is 5.01 Å². The van der Waals surface area contributed by atoms with E-state index in [0.29, 0.717) is 6.54 Å². The van der Waals surface area contributed by atoms with Crippen LogP contribution in [0.2, 0.25) is 0 Å². The number of fused-ring (bicyclic) bond motifs is 1. The highest BCUT2D eigenvalue weighted by Gasteiger charge is 2.15. The number of aromatic nitrogens is 1. The van der Waals surface area contributed by atoms with Crippen LogP contribution in [0.4, 0.5) is 0 Å². The molecule has 0 bridgehead atoms. The van der Waals surface area contributed by atoms with Gasteiger partial charge in [-0.25, -0.2) is 4.98 Å². The van der Waals surface area contributed by atoms with Gasteiger partial charge in [0.15, 0.2) is 5.78 Å². The highest BCUT2D eigenvalue weighted by Crippen LogP contribution is 2.24. The molecule has 3 aromatic rings. The molecular formula is C23H22N2O2S. The Morgan fingerprint density at radius 3 is 2.68 bits per heavy atom. The van der Waals surface area contributed by atoms with Crippen LogP contribution in [0.15, 0.2) is 53.9 Å². The first-order valence-corrected chi connectivity index (χ1v) is 10.5. The van der Waals surface area contributed by atoms with Crippen LogP contribution in [-0.2, 0) is 24.2 Å². The molecule has 4 nitrogen and oxygen atoms in total. The molecule has 0 unspecified atom stereocenters. The number of hydrogen-bond donors (Lipinski definition) is 1. The van der Waals surface area contributed by atoms with Crippen LogP contribution in [0.1, 0.15) is 46.4 Å². The van der Waals surface area contributed by atoms with E-state index in [1.807, 2.05) is 47.8 Å². The Hall–Kier alpha value is -2.79. The molecule has 0 saturated carbocycles. The third-order valence-electron chi connectivity index (χ3n) is 5.04. The van der Waals surface area contributed by atoms with Gasteiger partial charge >= 0.3 is 0 Å². The second kappa shape index (κ2) is 8.48. The Morgan fingerprint density at radius 2 is 1.82 bits per heavy atom. The van der Waals surface area contributed by atoms with Gasteiger partial charge in [-0.1, -0.05) is 42.5 Å². The summed E-state index contributed by atoms with van der Waals surface area (Å²) in [5.41, 5.74) is 5.27. The Morgan fingerprint density at radius 1 is 1.00 bits per heavy atom. The molecule has 0 saturated heterocycles. The van der Waals surface area contributed by atoms with Crippen LogP contribution >= 0.6 is 11.3 Å². The highest BCUT2D eigenvalue weighted by atomic mass is 32.1. The predicted octanol–water partition coefficient (Wildman–Crippen LogP) is 4.58. The molecule has 5 heteroatoms. The second-order valence-corrected chi connectivity index (χ2v) is 7.91. The number of thiazole rings is 1. The van der Waals surface area contributed by atoms with Crippen molar-refractivity contribution >= 4 is 23.0 Å². The number of benzene rings is 2. The lowest BCUT2D eigenvalue weighted by molar-refractivity contribution is -0.121. The van der Waals surface area contributed by atoms with Crippen LogP contribution in [0.3, 0.4) is 0 Å². The average molecular weight is 391 g/mol. The number of rotatable bonds is 7. The summed E-state index contributed by atoms with van der Waals surface area (Å²) in [4.78, 5) is 29.1. The lowest BCUT2D eigenvalue weighted by atomic mass is 10.0. The zero-order valence-electron chi connectivity index (χ0n) is 15.6. The van der Waals surface area contributed by atoms with Gasteiger partial charge in [0.2, 0.25) is 5.91 Å². The number of ketones is 1. The minimum atomic E-state index is -0.122. The van der Waals surface area contributed by atoms with E-state index in [1.54, 1.807) is 11.3 Å². The van der Waals surface area contributed by atoms with Gasteiger partial charge in [-0.2, -0.15) is 0 Å². The summed E-state index contributed by atoms with van der Waals surface area (Å²) in [5.74, 6) is -0.0892. The van der Waals surface area contributed by atoms with Crippen LogP contribution in [0, 0.1) is 0 Å². The molecule has 1 aromatic heterocycles. The summed E-state index contributed by atoms with van der Waals surface area (Å²) >= 11 is 1.56. The summed E-state index contributed by atoms with van der Waals surface area (Å²) in [7, 11) is 0. The maximum atomic E-state index is 12.4. The van der Waals surface area contributed by atoms with Crippen molar-refractivity contribution in [2.24, 2.45) is 0 Å². The molecule has 0 spiro atoms. The normalized spacial score (nSPS) is 12.6. The van der Waals surface area contributed by atoms with Crippen molar-refractivity contribution in [3.63, 3.8) is 0 Å². The van der Waals surface area contributed by atoms with Crippen molar-refractivity contribution in [1.29, 1.82) is 0 Å². The van der Waals surface area contributed by atoms with E-state index < -0.39 is 0 Å². The van der Waals surface area contributed by atoms with Crippen LogP contribution in [-0.4, -0.2) is 16.7 Å². The topological polar surface area (TPSA) is 59.1 Å². The molecule has 4 rings (SSSR count). The first kappa shape index (κ1) is 18.6. The maximum Gasteiger partial charge on any atom is 0.220 e. The number of carbonyl (C=O) groups is 2. The minimum absolute atomic E-state index is 0.0323. The lowest BCUT2D eigenvalue weighted by Crippen LogP contribution is -2.23. The lowest BCUT2D eigenvalue weighted by Gasteiger charge is -2.05. The molecule has 0 radical (unpaired) electrons. The van der Waals surface area contributed by atoms with Gasteiger partial charge in [-0.15, -0.1) is 11.3 Å². The fourth-order valence-electron chi connectivity index (χ4n) is 3.50. The number of Topliss-reactive ketones (excluding diaryl/α,β-unsaturated/α-hetero) is 1. The molecule has 0 fully saturated rings. The molecule has 1 aliphatic carbocycles. The first-order chi connectivity index (χ1) is 13.7. The number of hydrogen-bond acceptors (Lipinski definition) is 4. The quantitative estimate of drug-likeness (QED) is 0.601. The van der Waals surface area contributed by atoms with Crippen molar-refractivity contribution in [1.82, 2.24) is 10.3 Å². The predicted molar refractivity (Wildman–Crippen MR) is 111 cm³/mol. The zero-order valence-corrected chi connectivity index (χ0v) is 16.4. The molecule has 1 amide bonds. The monoisotopic (exact) mass is 390 g/mol. The number of nitrogens with one attached hydrogen (secondary N) is 1. The van der Waals surface area contributed by atoms with Gasteiger partial charge in [0, 0.05) is 29.3 Å². The van der Waals surface area contributed by atoms with Gasteiger partial charge < -0.3 is 5.32 Å². The summed E-state index contributed by atoms with van der Waals surface area (Å²) in [6.07, 6.45) is 3.75. The Bertz CT molecular complexity index is 995. The SMILES string of the molecule is O=C(CCC(=O)c1ccc2c(c1)CCC2)NCc1csc(-c2ccccc2)n1. The van der Waals surface area contributed by atoms with E-state index >= 15 is 0 Å². The molecule has 2 aromatic carbocycles. The van der Waals surface area contributed by atoms with Gasteiger partial charge in [0.05, 0.1) is 12.2 Å². The summed E-state index contributed by atoms with van der Waals surface area (Å²) in [5, 5.41) is 5.76. The second-order valence-electron chi connectivity index (χ2n) is 7.05. The molecule has 28 heavy (non-hydrogen) atoms. The minimum Gasteiger partial charge on any atom is -0.350 e. The van der Waals surface area contributed by atoms with Crippen LogP contribution in [0.5, 0.6) is 0 Å². The number of aryl methyl sites for hydroxylation is 2. The average Bonchev–Trinajstić information content (AvgIpc) is 3.40. The highest BCUT2D eigenvalue weighted by molar-refractivity contribution is 7.13. The molecular weight excluding hydrogens is 368 g/mol. The van der Waals surface area contributed by atoms with Crippen molar-refractivity contribution in [3.05, 3.63) is 76.3 Å². The van der Waals surface area contributed by atoms with Gasteiger partial charge in [-0.3, -0.25) is 9.59 Å². The standard InChI is InChI=1S/C23H22N2O2S/c26-21(19-10-9-16-7-4-8-18(16)13-19)11-12-22(27)24-14-20-15-28-23(25-20)17-5-2-1-3-6-17/h1-3,5-6,9-10,13,15H,4,7-8,11-12,14H2,(H,24,27).